The van der Waals surface area contributed by atoms with Crippen LogP contribution in [0.5, 0.6) is 0 Å². The molecule has 2 N–H and O–H groups in total. The molecule has 1 aromatic carbocycles. The molecule has 0 bridgehead atoms. The van der Waals surface area contributed by atoms with Gasteiger partial charge >= 0.3 is 5.97 Å². The van der Waals surface area contributed by atoms with Crippen molar-refractivity contribution in [3.63, 3.8) is 0 Å². The molecule has 1 aromatic heterocycles. The highest BCUT2D eigenvalue weighted by atomic mass is 16.4. The Balaban J connectivity index is 1.69. The number of nitrogens with zero attached hydrogens (tertiary/aromatic N) is 2. The van der Waals surface area contributed by atoms with Gasteiger partial charge in [0.05, 0.1) is 23.5 Å². The SMILES string of the molecule is CC(C)(C(=O)O)C1CCCN(C(=O)Cc2ccc3cn[nH]c3c2)C1. The second-order valence-electron chi connectivity index (χ2n) is 7.17. The van der Waals surface area contributed by atoms with Gasteiger partial charge in [0.1, 0.15) is 0 Å². The molecule has 1 unspecified atom stereocenters. The molecule has 1 aliphatic rings. The Bertz CT molecular complexity index is 766. The fourth-order valence-electron chi connectivity index (χ4n) is 3.35. The molecule has 1 atom stereocenters. The van der Waals surface area contributed by atoms with E-state index in [9.17, 15) is 14.7 Å². The van der Waals surface area contributed by atoms with Crippen LogP contribution in [0.3, 0.4) is 0 Å². The number of benzene rings is 1. The summed E-state index contributed by atoms with van der Waals surface area (Å²) >= 11 is 0. The number of aromatic nitrogens is 2. The number of rotatable bonds is 4. The van der Waals surface area contributed by atoms with Crippen LogP contribution in [0, 0.1) is 11.3 Å². The highest BCUT2D eigenvalue weighted by molar-refractivity contribution is 5.83. The Morgan fingerprint density at radius 1 is 1.42 bits per heavy atom. The van der Waals surface area contributed by atoms with E-state index in [0.29, 0.717) is 19.5 Å². The first-order chi connectivity index (χ1) is 11.4. The first kappa shape index (κ1) is 16.5. The minimum atomic E-state index is -0.812. The van der Waals surface area contributed by atoms with Gasteiger partial charge in [0.2, 0.25) is 5.91 Å². The summed E-state index contributed by atoms with van der Waals surface area (Å²) in [7, 11) is 0. The lowest BCUT2D eigenvalue weighted by Crippen LogP contribution is -2.47. The summed E-state index contributed by atoms with van der Waals surface area (Å²) in [5, 5.41) is 17.3. The van der Waals surface area contributed by atoms with Crippen molar-refractivity contribution in [1.29, 1.82) is 0 Å². The Hall–Kier alpha value is -2.37. The Labute approximate surface area is 140 Å². The van der Waals surface area contributed by atoms with E-state index in [2.05, 4.69) is 10.2 Å². The molecule has 0 spiro atoms. The zero-order valence-corrected chi connectivity index (χ0v) is 14.1. The number of nitrogens with one attached hydrogen (secondary N) is 1. The molecule has 0 saturated carbocycles. The summed E-state index contributed by atoms with van der Waals surface area (Å²) in [6.07, 6.45) is 3.79. The molecule has 128 valence electrons. The number of hydrogen-bond acceptors (Lipinski definition) is 3. The van der Waals surface area contributed by atoms with Crippen LogP contribution in [0.2, 0.25) is 0 Å². The maximum absolute atomic E-state index is 12.6. The van der Waals surface area contributed by atoms with Gasteiger partial charge in [0.15, 0.2) is 0 Å². The van der Waals surface area contributed by atoms with Crippen LogP contribution < -0.4 is 0 Å². The van der Waals surface area contributed by atoms with Gasteiger partial charge in [-0.3, -0.25) is 14.7 Å². The van der Waals surface area contributed by atoms with Crippen molar-refractivity contribution < 1.29 is 14.7 Å². The fraction of sp³-hybridized carbons (Fsp3) is 0.500. The average molecular weight is 329 g/mol. The average Bonchev–Trinajstić information content (AvgIpc) is 3.02. The van der Waals surface area contributed by atoms with Crippen LogP contribution in [0.1, 0.15) is 32.3 Å². The molecule has 6 heteroatoms. The number of hydrogen-bond donors (Lipinski definition) is 2. The first-order valence-corrected chi connectivity index (χ1v) is 8.31. The maximum atomic E-state index is 12.6. The summed E-state index contributed by atoms with van der Waals surface area (Å²) in [6, 6.07) is 5.84. The van der Waals surface area contributed by atoms with Crippen molar-refractivity contribution in [2.24, 2.45) is 11.3 Å². The van der Waals surface area contributed by atoms with E-state index in [0.717, 1.165) is 29.3 Å². The Morgan fingerprint density at radius 2 is 2.21 bits per heavy atom. The molecule has 0 radical (unpaired) electrons. The Morgan fingerprint density at radius 3 is 2.96 bits per heavy atom. The predicted octanol–water partition coefficient (Wildman–Crippen LogP) is 2.45. The molecule has 6 nitrogen and oxygen atoms in total. The van der Waals surface area contributed by atoms with Crippen molar-refractivity contribution >= 4 is 22.8 Å². The molecular weight excluding hydrogens is 306 g/mol. The lowest BCUT2D eigenvalue weighted by atomic mass is 9.74. The van der Waals surface area contributed by atoms with Gasteiger partial charge in [0, 0.05) is 18.5 Å². The molecule has 1 aliphatic heterocycles. The van der Waals surface area contributed by atoms with Gasteiger partial charge in [-0.25, -0.2) is 0 Å². The van der Waals surface area contributed by atoms with Gasteiger partial charge < -0.3 is 10.0 Å². The quantitative estimate of drug-likeness (QED) is 0.902. The molecular formula is C18H23N3O3. The van der Waals surface area contributed by atoms with Gasteiger partial charge in [0.25, 0.3) is 0 Å². The number of aliphatic carboxylic acids is 1. The van der Waals surface area contributed by atoms with Crippen LogP contribution >= 0.6 is 0 Å². The lowest BCUT2D eigenvalue weighted by Gasteiger charge is -2.39. The van der Waals surface area contributed by atoms with Crippen molar-refractivity contribution in [3.05, 3.63) is 30.0 Å². The first-order valence-electron chi connectivity index (χ1n) is 8.31. The van der Waals surface area contributed by atoms with E-state index in [4.69, 9.17) is 0 Å². The molecule has 1 saturated heterocycles. The second kappa shape index (κ2) is 6.26. The van der Waals surface area contributed by atoms with Crippen molar-refractivity contribution in [2.45, 2.75) is 33.1 Å². The normalized spacial score (nSPS) is 18.8. The zero-order valence-electron chi connectivity index (χ0n) is 14.1. The van der Waals surface area contributed by atoms with Gasteiger partial charge in [-0.1, -0.05) is 12.1 Å². The second-order valence-corrected chi connectivity index (χ2v) is 7.17. The molecule has 1 fully saturated rings. The van der Waals surface area contributed by atoms with Crippen LogP contribution in [-0.2, 0) is 16.0 Å². The highest BCUT2D eigenvalue weighted by Crippen LogP contribution is 2.34. The summed E-state index contributed by atoms with van der Waals surface area (Å²) < 4.78 is 0. The number of carboxylic acids is 1. The summed E-state index contributed by atoms with van der Waals surface area (Å²) in [4.78, 5) is 25.9. The number of likely N-dealkylation sites (tertiary alicyclic amines) is 1. The van der Waals surface area contributed by atoms with Gasteiger partial charge in [-0.05, 0) is 44.2 Å². The maximum Gasteiger partial charge on any atom is 0.309 e. The number of carbonyl (C=O) groups is 2. The van der Waals surface area contributed by atoms with Crippen molar-refractivity contribution in [1.82, 2.24) is 15.1 Å². The summed E-state index contributed by atoms with van der Waals surface area (Å²) in [5.74, 6) is -0.756. The number of H-pyrrole nitrogens is 1. The zero-order chi connectivity index (χ0) is 17.3. The van der Waals surface area contributed by atoms with Gasteiger partial charge in [-0.15, -0.1) is 0 Å². The van der Waals surface area contributed by atoms with E-state index in [-0.39, 0.29) is 11.8 Å². The molecule has 3 rings (SSSR count). The van der Waals surface area contributed by atoms with Crippen LogP contribution in [0.15, 0.2) is 24.4 Å². The molecule has 0 aliphatic carbocycles. The fourth-order valence-corrected chi connectivity index (χ4v) is 3.35. The van der Waals surface area contributed by atoms with Crippen molar-refractivity contribution in [3.8, 4) is 0 Å². The smallest absolute Gasteiger partial charge is 0.309 e. The van der Waals surface area contributed by atoms with E-state index < -0.39 is 11.4 Å². The third-order valence-electron chi connectivity index (χ3n) is 5.21. The highest BCUT2D eigenvalue weighted by Gasteiger charge is 2.39. The van der Waals surface area contributed by atoms with E-state index >= 15 is 0 Å². The van der Waals surface area contributed by atoms with Crippen LogP contribution in [-0.4, -0.2) is 45.2 Å². The van der Waals surface area contributed by atoms with Crippen LogP contribution in [0.25, 0.3) is 10.9 Å². The monoisotopic (exact) mass is 329 g/mol. The molecule has 24 heavy (non-hydrogen) atoms. The topological polar surface area (TPSA) is 86.3 Å². The lowest BCUT2D eigenvalue weighted by molar-refractivity contribution is -0.153. The van der Waals surface area contributed by atoms with Crippen molar-refractivity contribution in [2.75, 3.05) is 13.1 Å². The van der Waals surface area contributed by atoms with Gasteiger partial charge in [-0.2, -0.15) is 5.10 Å². The third kappa shape index (κ3) is 3.13. The summed E-state index contributed by atoms with van der Waals surface area (Å²) in [5.41, 5.74) is 1.05. The van der Waals surface area contributed by atoms with E-state index in [1.165, 1.54) is 0 Å². The summed E-state index contributed by atoms with van der Waals surface area (Å²) in [6.45, 7) is 4.72. The number of amides is 1. The van der Waals surface area contributed by atoms with E-state index in [1.807, 2.05) is 23.1 Å². The predicted molar refractivity (Wildman–Crippen MR) is 90.5 cm³/mol. The number of aromatic amines is 1. The number of piperidine rings is 1. The standard InChI is InChI=1S/C18H23N3O3/c1-18(2,17(23)24)14-4-3-7-21(11-14)16(22)9-12-5-6-13-10-19-20-15(13)8-12/h5-6,8,10,14H,3-4,7,9,11H2,1-2H3,(H,19,20)(H,23,24). The molecule has 2 aromatic rings. The van der Waals surface area contributed by atoms with E-state index in [1.54, 1.807) is 20.0 Å². The largest absolute Gasteiger partial charge is 0.481 e. The van der Waals surface area contributed by atoms with Crippen LogP contribution in [0.4, 0.5) is 0 Å². The minimum Gasteiger partial charge on any atom is -0.481 e. The minimum absolute atomic E-state index is 0.0113. The molecule has 2 heterocycles. The third-order valence-corrected chi connectivity index (χ3v) is 5.21. The number of carboxylic acid groups (broad SMARTS) is 1. The number of fused-ring (bicyclic) bond motifs is 1. The number of carbonyl (C=O) groups excluding carboxylic acids is 1. The molecule has 1 amide bonds. The Kier molecular flexibility index (Phi) is 4.30.